The van der Waals surface area contributed by atoms with Gasteiger partial charge in [-0.15, -0.1) is 11.3 Å². The van der Waals surface area contributed by atoms with Crippen LogP contribution in [0.2, 0.25) is 0 Å². The maximum absolute atomic E-state index is 12.9. The SMILES string of the molecule is COc1ccc(NC(=O)Cn2cnc3sc(-c4ccccc4)cc3c2=O)c(OC)c1. The van der Waals surface area contributed by atoms with Crippen molar-refractivity contribution in [2.24, 2.45) is 0 Å². The molecule has 0 atom stereocenters. The van der Waals surface area contributed by atoms with Gasteiger partial charge in [-0.2, -0.15) is 0 Å². The monoisotopic (exact) mass is 421 g/mol. The number of methoxy groups -OCH3 is 2. The molecular formula is C22H19N3O4S. The van der Waals surface area contributed by atoms with Gasteiger partial charge in [-0.05, 0) is 23.8 Å². The summed E-state index contributed by atoms with van der Waals surface area (Å²) in [7, 11) is 3.06. The van der Waals surface area contributed by atoms with E-state index in [1.807, 2.05) is 36.4 Å². The second kappa shape index (κ2) is 8.38. The number of benzene rings is 2. The second-order valence-electron chi connectivity index (χ2n) is 6.49. The molecule has 7 nitrogen and oxygen atoms in total. The van der Waals surface area contributed by atoms with E-state index in [1.54, 1.807) is 25.3 Å². The standard InChI is InChI=1S/C22H19N3O4S/c1-28-15-8-9-17(18(10-15)29-2)24-20(26)12-25-13-23-21-16(22(25)27)11-19(30-21)14-6-4-3-5-7-14/h3-11,13H,12H2,1-2H3,(H,24,26). The van der Waals surface area contributed by atoms with Crippen LogP contribution >= 0.6 is 11.3 Å². The summed E-state index contributed by atoms with van der Waals surface area (Å²) in [4.78, 5) is 31.4. The lowest BCUT2D eigenvalue weighted by molar-refractivity contribution is -0.116. The zero-order valence-corrected chi connectivity index (χ0v) is 17.2. The van der Waals surface area contributed by atoms with Gasteiger partial charge in [0.25, 0.3) is 5.56 Å². The fourth-order valence-electron chi connectivity index (χ4n) is 3.06. The van der Waals surface area contributed by atoms with Crippen LogP contribution < -0.4 is 20.3 Å². The molecule has 0 saturated carbocycles. The van der Waals surface area contributed by atoms with Gasteiger partial charge in [0, 0.05) is 10.9 Å². The molecule has 0 aliphatic rings. The lowest BCUT2D eigenvalue weighted by atomic mass is 10.2. The Labute approximate surface area is 176 Å². The van der Waals surface area contributed by atoms with E-state index >= 15 is 0 Å². The van der Waals surface area contributed by atoms with Crippen molar-refractivity contribution < 1.29 is 14.3 Å². The molecule has 0 spiro atoms. The number of hydrogen-bond acceptors (Lipinski definition) is 6. The summed E-state index contributed by atoms with van der Waals surface area (Å²) in [5.41, 5.74) is 1.26. The van der Waals surface area contributed by atoms with Crippen molar-refractivity contribution in [2.75, 3.05) is 19.5 Å². The van der Waals surface area contributed by atoms with E-state index in [2.05, 4.69) is 10.3 Å². The maximum atomic E-state index is 12.9. The quantitative estimate of drug-likeness (QED) is 0.512. The van der Waals surface area contributed by atoms with Gasteiger partial charge >= 0.3 is 0 Å². The highest BCUT2D eigenvalue weighted by Gasteiger charge is 2.14. The second-order valence-corrected chi connectivity index (χ2v) is 7.52. The number of anilines is 1. The molecule has 152 valence electrons. The summed E-state index contributed by atoms with van der Waals surface area (Å²) < 4.78 is 11.7. The third-order valence-corrected chi connectivity index (χ3v) is 5.67. The molecule has 4 rings (SSSR count). The molecule has 1 N–H and O–H groups in total. The highest BCUT2D eigenvalue weighted by Crippen LogP contribution is 2.31. The van der Waals surface area contributed by atoms with Crippen molar-refractivity contribution in [3.05, 3.63) is 71.3 Å². The van der Waals surface area contributed by atoms with Crippen LogP contribution in [0.4, 0.5) is 5.69 Å². The summed E-state index contributed by atoms with van der Waals surface area (Å²) in [6.45, 7) is -0.159. The first-order chi connectivity index (χ1) is 14.6. The molecule has 0 fully saturated rings. The molecule has 1 amide bonds. The number of aromatic nitrogens is 2. The number of thiophene rings is 1. The number of carbonyl (C=O) groups excluding carboxylic acids is 1. The van der Waals surface area contributed by atoms with Crippen molar-refractivity contribution in [3.63, 3.8) is 0 Å². The number of carbonyl (C=O) groups is 1. The summed E-state index contributed by atoms with van der Waals surface area (Å²) >= 11 is 1.45. The van der Waals surface area contributed by atoms with Crippen LogP contribution in [0, 0.1) is 0 Å². The van der Waals surface area contributed by atoms with Gasteiger partial charge in [0.2, 0.25) is 5.91 Å². The number of ether oxygens (including phenoxy) is 2. The molecule has 0 bridgehead atoms. The van der Waals surface area contributed by atoms with E-state index in [0.29, 0.717) is 27.4 Å². The summed E-state index contributed by atoms with van der Waals surface area (Å²) in [6, 6.07) is 16.7. The Hall–Kier alpha value is -3.65. The fourth-order valence-corrected chi connectivity index (χ4v) is 4.06. The molecule has 0 aliphatic heterocycles. The number of nitrogens with zero attached hydrogens (tertiary/aromatic N) is 2. The molecule has 0 unspecified atom stereocenters. The van der Waals surface area contributed by atoms with Crippen LogP contribution in [0.1, 0.15) is 0 Å². The maximum Gasteiger partial charge on any atom is 0.262 e. The third-order valence-electron chi connectivity index (χ3n) is 4.57. The molecular weight excluding hydrogens is 402 g/mol. The van der Waals surface area contributed by atoms with E-state index in [9.17, 15) is 9.59 Å². The number of amides is 1. The Morgan fingerprint density at radius 2 is 1.90 bits per heavy atom. The summed E-state index contributed by atoms with van der Waals surface area (Å²) in [6.07, 6.45) is 1.40. The minimum atomic E-state index is -0.361. The van der Waals surface area contributed by atoms with E-state index in [-0.39, 0.29) is 18.0 Å². The van der Waals surface area contributed by atoms with E-state index < -0.39 is 0 Å². The Bertz CT molecular complexity index is 1260. The van der Waals surface area contributed by atoms with Crippen molar-refractivity contribution in [2.45, 2.75) is 6.54 Å². The summed E-state index contributed by atoms with van der Waals surface area (Å²) in [5.74, 6) is 0.719. The molecule has 0 aliphatic carbocycles. The Morgan fingerprint density at radius 1 is 1.10 bits per heavy atom. The minimum absolute atomic E-state index is 0.159. The predicted octanol–water partition coefficient (Wildman–Crippen LogP) is 3.78. The first kappa shape index (κ1) is 19.7. The van der Waals surface area contributed by atoms with Crippen molar-refractivity contribution in [3.8, 4) is 21.9 Å². The Morgan fingerprint density at radius 3 is 2.63 bits per heavy atom. The molecule has 0 radical (unpaired) electrons. The van der Waals surface area contributed by atoms with Crippen LogP contribution in [0.5, 0.6) is 11.5 Å². The van der Waals surface area contributed by atoms with Gasteiger partial charge in [0.05, 0.1) is 31.6 Å². The minimum Gasteiger partial charge on any atom is -0.497 e. The van der Waals surface area contributed by atoms with E-state index in [0.717, 1.165) is 10.4 Å². The Balaban J connectivity index is 1.57. The fraction of sp³-hybridized carbons (Fsp3) is 0.136. The first-order valence-corrected chi connectivity index (χ1v) is 9.97. The zero-order valence-electron chi connectivity index (χ0n) is 16.4. The largest absolute Gasteiger partial charge is 0.497 e. The molecule has 4 aromatic rings. The normalized spacial score (nSPS) is 10.7. The molecule has 2 aromatic carbocycles. The number of hydrogen-bond donors (Lipinski definition) is 1. The van der Waals surface area contributed by atoms with E-state index in [4.69, 9.17) is 9.47 Å². The van der Waals surface area contributed by atoms with Crippen molar-refractivity contribution >= 4 is 33.1 Å². The Kier molecular flexibility index (Phi) is 5.49. The smallest absolute Gasteiger partial charge is 0.262 e. The third kappa shape index (κ3) is 3.90. The van der Waals surface area contributed by atoms with Gasteiger partial charge in [0.15, 0.2) is 0 Å². The molecule has 0 saturated heterocycles. The van der Waals surface area contributed by atoms with Crippen LogP contribution in [-0.4, -0.2) is 29.7 Å². The highest BCUT2D eigenvalue weighted by molar-refractivity contribution is 7.21. The zero-order chi connectivity index (χ0) is 21.1. The average molecular weight is 421 g/mol. The number of nitrogens with one attached hydrogen (secondary N) is 1. The molecule has 8 heteroatoms. The van der Waals surface area contributed by atoms with Gasteiger partial charge < -0.3 is 14.8 Å². The lowest BCUT2D eigenvalue weighted by Crippen LogP contribution is -2.27. The van der Waals surface area contributed by atoms with E-state index in [1.165, 1.54) is 29.3 Å². The van der Waals surface area contributed by atoms with Crippen molar-refractivity contribution in [1.82, 2.24) is 9.55 Å². The number of fused-ring (bicyclic) bond motifs is 1. The van der Waals surface area contributed by atoms with Crippen LogP contribution in [0.3, 0.4) is 0 Å². The molecule has 2 heterocycles. The molecule has 30 heavy (non-hydrogen) atoms. The van der Waals surface area contributed by atoms with Gasteiger partial charge in [0.1, 0.15) is 22.9 Å². The van der Waals surface area contributed by atoms with Crippen LogP contribution in [-0.2, 0) is 11.3 Å². The van der Waals surface area contributed by atoms with Crippen LogP contribution in [0.25, 0.3) is 20.7 Å². The van der Waals surface area contributed by atoms with Gasteiger partial charge in [-0.25, -0.2) is 4.98 Å². The lowest BCUT2D eigenvalue weighted by Gasteiger charge is -2.12. The van der Waals surface area contributed by atoms with Crippen molar-refractivity contribution in [1.29, 1.82) is 0 Å². The van der Waals surface area contributed by atoms with Gasteiger partial charge in [-0.1, -0.05) is 30.3 Å². The highest BCUT2D eigenvalue weighted by atomic mass is 32.1. The molecule has 2 aromatic heterocycles. The summed E-state index contributed by atoms with van der Waals surface area (Å²) in [5, 5.41) is 3.26. The van der Waals surface area contributed by atoms with Gasteiger partial charge in [-0.3, -0.25) is 14.2 Å². The topological polar surface area (TPSA) is 82.5 Å². The average Bonchev–Trinajstić information content (AvgIpc) is 3.22. The number of rotatable bonds is 6. The van der Waals surface area contributed by atoms with Crippen LogP contribution in [0.15, 0.2) is 65.7 Å². The first-order valence-electron chi connectivity index (χ1n) is 9.15. The predicted molar refractivity (Wildman–Crippen MR) is 117 cm³/mol.